The summed E-state index contributed by atoms with van der Waals surface area (Å²) in [5.41, 5.74) is 0. The van der Waals surface area contributed by atoms with E-state index in [-0.39, 0.29) is 6.03 Å². The summed E-state index contributed by atoms with van der Waals surface area (Å²) >= 11 is 1.87. The summed E-state index contributed by atoms with van der Waals surface area (Å²) in [5.74, 6) is 1.32. The highest BCUT2D eigenvalue weighted by Gasteiger charge is 2.28. The minimum Gasteiger partial charge on any atom is -0.480 e. The molecule has 0 aromatic rings. The van der Waals surface area contributed by atoms with E-state index in [0.29, 0.717) is 32.2 Å². The number of nitrogens with zero attached hydrogens (tertiary/aromatic N) is 2. The maximum absolute atomic E-state index is 12.0. The molecule has 0 aromatic heterocycles. The number of amides is 2. The Morgan fingerprint density at radius 2 is 2.00 bits per heavy atom. The summed E-state index contributed by atoms with van der Waals surface area (Å²) in [7, 11) is 0. The molecule has 0 bridgehead atoms. The maximum Gasteiger partial charge on any atom is 0.320 e. The number of rotatable bonds is 3. The lowest BCUT2D eigenvalue weighted by Crippen LogP contribution is -2.56. The molecule has 0 saturated carbocycles. The molecule has 2 amide bonds. The number of carboxylic acid groups (broad SMARTS) is 1. The van der Waals surface area contributed by atoms with E-state index in [0.717, 1.165) is 17.9 Å². The zero-order chi connectivity index (χ0) is 13.8. The lowest BCUT2D eigenvalue weighted by Gasteiger charge is -2.36. The molecule has 108 valence electrons. The lowest BCUT2D eigenvalue weighted by molar-refractivity contribution is -0.143. The average Bonchev–Trinajstić information content (AvgIpc) is 2.90. The summed E-state index contributed by atoms with van der Waals surface area (Å²) in [4.78, 5) is 26.6. The quantitative estimate of drug-likeness (QED) is 0.781. The normalized spacial score (nSPS) is 26.2. The Morgan fingerprint density at radius 1 is 1.32 bits per heavy atom. The van der Waals surface area contributed by atoms with Crippen molar-refractivity contribution < 1.29 is 14.7 Å². The molecule has 2 saturated heterocycles. The third-order valence-corrected chi connectivity index (χ3v) is 4.93. The Hall–Kier alpha value is -0.950. The van der Waals surface area contributed by atoms with Crippen LogP contribution in [0.2, 0.25) is 0 Å². The number of nitrogens with one attached hydrogen (secondary N) is 1. The van der Waals surface area contributed by atoms with Crippen molar-refractivity contribution in [2.45, 2.75) is 25.4 Å². The second-order valence-electron chi connectivity index (χ2n) is 5.05. The summed E-state index contributed by atoms with van der Waals surface area (Å²) in [6.45, 7) is 4.14. The molecular weight excluding hydrogens is 266 g/mol. The summed E-state index contributed by atoms with van der Waals surface area (Å²) < 4.78 is 0. The second kappa shape index (κ2) is 6.47. The molecule has 2 rings (SSSR count). The van der Waals surface area contributed by atoms with Crippen molar-refractivity contribution in [2.75, 3.05) is 37.7 Å². The Kier molecular flexibility index (Phi) is 4.93. The predicted molar refractivity (Wildman–Crippen MR) is 74.5 cm³/mol. The SMILES string of the molecule is CC(C(=O)O)N1CCN(C(=O)NC2CCSC2)CC1. The van der Waals surface area contributed by atoms with Crippen molar-refractivity contribution in [1.29, 1.82) is 0 Å². The molecule has 7 heteroatoms. The molecule has 2 aliphatic heterocycles. The number of carboxylic acids is 1. The minimum atomic E-state index is -0.805. The van der Waals surface area contributed by atoms with Crippen molar-refractivity contribution in [3.63, 3.8) is 0 Å². The summed E-state index contributed by atoms with van der Waals surface area (Å²) in [6.07, 6.45) is 1.05. The van der Waals surface area contributed by atoms with Crippen LogP contribution in [0.5, 0.6) is 0 Å². The van der Waals surface area contributed by atoms with Crippen LogP contribution in [0.1, 0.15) is 13.3 Å². The van der Waals surface area contributed by atoms with Crippen LogP contribution in [0, 0.1) is 0 Å². The first kappa shape index (κ1) is 14.5. The summed E-state index contributed by atoms with van der Waals surface area (Å²) in [6, 6.07) is -0.181. The van der Waals surface area contributed by atoms with Gasteiger partial charge in [0.25, 0.3) is 0 Å². The first-order valence-corrected chi connectivity index (χ1v) is 7.83. The van der Waals surface area contributed by atoms with Gasteiger partial charge in [0.2, 0.25) is 0 Å². The number of urea groups is 1. The van der Waals surface area contributed by atoms with E-state index in [1.165, 1.54) is 0 Å². The Balaban J connectivity index is 1.76. The maximum atomic E-state index is 12.0. The third-order valence-electron chi connectivity index (χ3n) is 3.76. The van der Waals surface area contributed by atoms with E-state index < -0.39 is 12.0 Å². The molecule has 2 unspecified atom stereocenters. The van der Waals surface area contributed by atoms with Crippen LogP contribution in [-0.2, 0) is 4.79 Å². The molecular formula is C12H21N3O3S. The van der Waals surface area contributed by atoms with Gasteiger partial charge in [-0.05, 0) is 19.1 Å². The predicted octanol–water partition coefficient (Wildman–Crippen LogP) is 0.292. The van der Waals surface area contributed by atoms with Crippen molar-refractivity contribution in [3.05, 3.63) is 0 Å². The van der Waals surface area contributed by atoms with Gasteiger partial charge in [0.05, 0.1) is 0 Å². The van der Waals surface area contributed by atoms with E-state index >= 15 is 0 Å². The Labute approximate surface area is 117 Å². The molecule has 0 aliphatic carbocycles. The number of piperazine rings is 1. The van der Waals surface area contributed by atoms with Gasteiger partial charge in [-0.1, -0.05) is 0 Å². The average molecular weight is 287 g/mol. The first-order valence-electron chi connectivity index (χ1n) is 6.68. The second-order valence-corrected chi connectivity index (χ2v) is 6.20. The van der Waals surface area contributed by atoms with E-state index in [1.54, 1.807) is 11.8 Å². The van der Waals surface area contributed by atoms with Gasteiger partial charge in [-0.25, -0.2) is 4.79 Å². The van der Waals surface area contributed by atoms with E-state index in [1.807, 2.05) is 16.7 Å². The smallest absolute Gasteiger partial charge is 0.320 e. The Bertz CT molecular complexity index is 339. The standard InChI is InChI=1S/C12H21N3O3S/c1-9(11(16)17)14-3-5-15(6-4-14)12(18)13-10-2-7-19-8-10/h9-10H,2-8H2,1H3,(H,13,18)(H,16,17). The minimum absolute atomic E-state index is 0.00451. The molecule has 2 atom stereocenters. The zero-order valence-corrected chi connectivity index (χ0v) is 12.0. The number of aliphatic carboxylic acids is 1. The molecule has 0 spiro atoms. The number of hydrogen-bond donors (Lipinski definition) is 2. The van der Waals surface area contributed by atoms with Gasteiger partial charge in [-0.15, -0.1) is 0 Å². The van der Waals surface area contributed by atoms with Crippen LogP contribution in [0.4, 0.5) is 4.79 Å². The largest absolute Gasteiger partial charge is 0.480 e. The van der Waals surface area contributed by atoms with Gasteiger partial charge in [-0.3, -0.25) is 9.69 Å². The highest BCUT2D eigenvalue weighted by atomic mass is 32.2. The lowest BCUT2D eigenvalue weighted by atomic mass is 10.2. The topological polar surface area (TPSA) is 72.9 Å². The van der Waals surface area contributed by atoms with Gasteiger partial charge >= 0.3 is 12.0 Å². The van der Waals surface area contributed by atoms with Crippen molar-refractivity contribution in [2.24, 2.45) is 0 Å². The van der Waals surface area contributed by atoms with Crippen molar-refractivity contribution in [3.8, 4) is 0 Å². The highest BCUT2D eigenvalue weighted by molar-refractivity contribution is 7.99. The summed E-state index contributed by atoms with van der Waals surface area (Å²) in [5, 5.41) is 12.0. The molecule has 19 heavy (non-hydrogen) atoms. The van der Waals surface area contributed by atoms with Crippen LogP contribution in [0.3, 0.4) is 0 Å². The number of carbonyl (C=O) groups excluding carboxylic acids is 1. The van der Waals surface area contributed by atoms with Gasteiger partial charge < -0.3 is 15.3 Å². The van der Waals surface area contributed by atoms with Gasteiger partial charge in [0, 0.05) is 38.0 Å². The molecule has 2 aliphatic rings. The number of carbonyl (C=O) groups is 2. The monoisotopic (exact) mass is 287 g/mol. The molecule has 6 nitrogen and oxygen atoms in total. The van der Waals surface area contributed by atoms with Gasteiger partial charge in [0.15, 0.2) is 0 Å². The molecule has 0 radical (unpaired) electrons. The van der Waals surface area contributed by atoms with E-state index in [2.05, 4.69) is 5.32 Å². The fourth-order valence-electron chi connectivity index (χ4n) is 2.38. The number of thioether (sulfide) groups is 1. The zero-order valence-electron chi connectivity index (χ0n) is 11.2. The highest BCUT2D eigenvalue weighted by Crippen LogP contribution is 2.17. The van der Waals surface area contributed by atoms with Crippen molar-refractivity contribution >= 4 is 23.8 Å². The molecule has 2 fully saturated rings. The third kappa shape index (κ3) is 3.76. The van der Waals surface area contributed by atoms with Crippen molar-refractivity contribution in [1.82, 2.24) is 15.1 Å². The van der Waals surface area contributed by atoms with Crippen LogP contribution in [-0.4, -0.2) is 76.7 Å². The van der Waals surface area contributed by atoms with Crippen LogP contribution in [0.15, 0.2) is 0 Å². The molecule has 2 N–H and O–H groups in total. The fourth-order valence-corrected chi connectivity index (χ4v) is 3.54. The molecule has 0 aromatic carbocycles. The van der Waals surface area contributed by atoms with Crippen LogP contribution < -0.4 is 5.32 Å². The van der Waals surface area contributed by atoms with Crippen LogP contribution in [0.25, 0.3) is 0 Å². The Morgan fingerprint density at radius 3 is 2.53 bits per heavy atom. The van der Waals surface area contributed by atoms with E-state index in [9.17, 15) is 9.59 Å². The van der Waals surface area contributed by atoms with E-state index in [4.69, 9.17) is 5.11 Å². The first-order chi connectivity index (χ1) is 9.08. The van der Waals surface area contributed by atoms with Gasteiger partial charge in [0.1, 0.15) is 6.04 Å². The molecule has 2 heterocycles. The van der Waals surface area contributed by atoms with Gasteiger partial charge in [-0.2, -0.15) is 11.8 Å². The fraction of sp³-hybridized carbons (Fsp3) is 0.833. The van der Waals surface area contributed by atoms with Crippen LogP contribution >= 0.6 is 11.8 Å². The number of hydrogen-bond acceptors (Lipinski definition) is 4.